The first kappa shape index (κ1) is 15.6. The Hall–Kier alpha value is -2.27. The van der Waals surface area contributed by atoms with Gasteiger partial charge in [-0.3, -0.25) is 4.79 Å². The molecule has 1 aliphatic heterocycles. The molecule has 5 heteroatoms. The van der Waals surface area contributed by atoms with Gasteiger partial charge in [-0.1, -0.05) is 17.7 Å². The second-order valence-electron chi connectivity index (χ2n) is 6.07. The van der Waals surface area contributed by atoms with E-state index in [0.29, 0.717) is 13.0 Å². The van der Waals surface area contributed by atoms with Gasteiger partial charge in [-0.2, -0.15) is 0 Å². The third-order valence-electron chi connectivity index (χ3n) is 4.61. The molecular weight excluding hydrogens is 294 g/mol. The van der Waals surface area contributed by atoms with Crippen LogP contribution >= 0.6 is 0 Å². The number of hydrogen-bond donors (Lipinski definition) is 2. The number of phenols is 2. The predicted octanol–water partition coefficient (Wildman–Crippen LogP) is 2.14. The fourth-order valence-corrected chi connectivity index (χ4v) is 3.46. The van der Waals surface area contributed by atoms with Gasteiger partial charge in [0, 0.05) is 19.7 Å². The minimum Gasteiger partial charge on any atom is -0.508 e. The van der Waals surface area contributed by atoms with Gasteiger partial charge in [0.05, 0.1) is 12.1 Å². The van der Waals surface area contributed by atoms with Crippen molar-refractivity contribution in [3.8, 4) is 11.5 Å². The fourth-order valence-electron chi connectivity index (χ4n) is 3.46. The molecule has 122 valence electrons. The van der Waals surface area contributed by atoms with Gasteiger partial charge in [-0.25, -0.2) is 0 Å². The van der Waals surface area contributed by atoms with Crippen LogP contribution in [0.2, 0.25) is 0 Å². The van der Waals surface area contributed by atoms with Crippen molar-refractivity contribution in [2.45, 2.75) is 31.4 Å². The fraction of sp³-hybridized carbons (Fsp3) is 0.389. The molecule has 1 aromatic carbocycles. The number of benzene rings is 1. The van der Waals surface area contributed by atoms with Gasteiger partial charge in [0.15, 0.2) is 0 Å². The lowest BCUT2D eigenvalue weighted by Crippen LogP contribution is -2.42. The number of phenolic OH excluding ortho intramolecular Hbond substituents is 2. The summed E-state index contributed by atoms with van der Waals surface area (Å²) in [6.45, 7) is 0.683. The maximum Gasteiger partial charge on any atom is 0.210 e. The number of methoxy groups -OCH3 is 1. The summed E-state index contributed by atoms with van der Waals surface area (Å²) < 4.78 is 5.41. The van der Waals surface area contributed by atoms with Gasteiger partial charge in [0.2, 0.25) is 6.41 Å². The van der Waals surface area contributed by atoms with Crippen LogP contribution in [0.25, 0.3) is 0 Å². The number of rotatable bonds is 4. The van der Waals surface area contributed by atoms with Gasteiger partial charge in [-0.15, -0.1) is 0 Å². The van der Waals surface area contributed by atoms with E-state index in [1.807, 2.05) is 6.08 Å². The normalized spacial score (nSPS) is 23.8. The Morgan fingerprint density at radius 2 is 2.04 bits per heavy atom. The number of carbonyl (C=O) groups excluding carboxylic acids is 1. The predicted molar refractivity (Wildman–Crippen MR) is 86.2 cm³/mol. The topological polar surface area (TPSA) is 70.0 Å². The van der Waals surface area contributed by atoms with Crippen molar-refractivity contribution in [2.24, 2.45) is 0 Å². The standard InChI is InChI=1S/C18H21NO4/c1-23-16-2-3-17-13(9-16)4-5-19(11-20)18(17)8-12-6-14(21)10-15(22)7-12/h2-3,6-7,10-11,16,18,21-22H,4-5,8-9H2,1H3. The highest BCUT2D eigenvalue weighted by atomic mass is 16.5. The van der Waals surface area contributed by atoms with Crippen molar-refractivity contribution in [1.29, 1.82) is 0 Å². The zero-order valence-corrected chi connectivity index (χ0v) is 13.1. The van der Waals surface area contributed by atoms with E-state index in [-0.39, 0.29) is 23.6 Å². The number of amides is 1. The summed E-state index contributed by atoms with van der Waals surface area (Å²) in [5.41, 5.74) is 3.28. The Morgan fingerprint density at radius 3 is 2.70 bits per heavy atom. The molecule has 1 heterocycles. The number of ether oxygens (including phenoxy) is 1. The molecule has 2 aliphatic rings. The Morgan fingerprint density at radius 1 is 1.30 bits per heavy atom. The second kappa shape index (κ2) is 6.46. The Labute approximate surface area is 135 Å². The first-order chi connectivity index (χ1) is 11.1. The molecule has 0 fully saturated rings. The van der Waals surface area contributed by atoms with Gasteiger partial charge < -0.3 is 19.8 Å². The summed E-state index contributed by atoms with van der Waals surface area (Å²) in [7, 11) is 1.70. The molecule has 1 aromatic rings. The van der Waals surface area contributed by atoms with E-state index in [1.54, 1.807) is 24.1 Å². The van der Waals surface area contributed by atoms with Crippen molar-refractivity contribution >= 4 is 6.41 Å². The smallest absolute Gasteiger partial charge is 0.210 e. The average Bonchev–Trinajstić information content (AvgIpc) is 2.53. The first-order valence-corrected chi connectivity index (χ1v) is 7.76. The zero-order valence-electron chi connectivity index (χ0n) is 13.1. The van der Waals surface area contributed by atoms with Crippen LogP contribution in [0.3, 0.4) is 0 Å². The summed E-state index contributed by atoms with van der Waals surface area (Å²) >= 11 is 0. The molecule has 3 rings (SSSR count). The Balaban J connectivity index is 1.90. The minimum atomic E-state index is -0.0773. The van der Waals surface area contributed by atoms with Crippen molar-refractivity contribution in [2.75, 3.05) is 13.7 Å². The van der Waals surface area contributed by atoms with Crippen LogP contribution in [-0.4, -0.2) is 47.3 Å². The van der Waals surface area contributed by atoms with Crippen molar-refractivity contribution < 1.29 is 19.7 Å². The third-order valence-corrected chi connectivity index (χ3v) is 4.61. The molecule has 1 aliphatic carbocycles. The van der Waals surface area contributed by atoms with E-state index >= 15 is 0 Å². The van der Waals surface area contributed by atoms with Crippen molar-refractivity contribution in [3.63, 3.8) is 0 Å². The van der Waals surface area contributed by atoms with E-state index in [9.17, 15) is 15.0 Å². The molecule has 2 N–H and O–H groups in total. The maximum atomic E-state index is 11.4. The molecule has 0 saturated carbocycles. The lowest BCUT2D eigenvalue weighted by atomic mass is 9.83. The third kappa shape index (κ3) is 3.24. The summed E-state index contributed by atoms with van der Waals surface area (Å²) in [6.07, 6.45) is 7.34. The summed E-state index contributed by atoms with van der Waals surface area (Å²) in [4.78, 5) is 13.2. The number of hydrogen-bond acceptors (Lipinski definition) is 4. The molecule has 2 atom stereocenters. The maximum absolute atomic E-state index is 11.4. The first-order valence-electron chi connectivity index (χ1n) is 7.76. The molecule has 0 aromatic heterocycles. The SMILES string of the molecule is COC1C=CC2=C(CCN(C=O)C2Cc2cc(O)cc(O)c2)C1. The second-order valence-corrected chi connectivity index (χ2v) is 6.07. The Bertz CT molecular complexity index is 645. The molecule has 23 heavy (non-hydrogen) atoms. The quantitative estimate of drug-likeness (QED) is 0.835. The van der Waals surface area contributed by atoms with Crippen molar-refractivity contribution in [1.82, 2.24) is 4.90 Å². The lowest BCUT2D eigenvalue weighted by Gasteiger charge is -2.38. The average molecular weight is 315 g/mol. The summed E-state index contributed by atoms with van der Waals surface area (Å²) in [5.74, 6) is 0.0580. The Kier molecular flexibility index (Phi) is 4.39. The molecule has 2 unspecified atom stereocenters. The van der Waals surface area contributed by atoms with Crippen molar-refractivity contribution in [3.05, 3.63) is 47.1 Å². The molecule has 0 spiro atoms. The zero-order chi connectivity index (χ0) is 16.4. The number of carbonyl (C=O) groups is 1. The van der Waals surface area contributed by atoms with E-state index in [2.05, 4.69) is 6.08 Å². The molecule has 1 amide bonds. The van der Waals surface area contributed by atoms with E-state index in [1.165, 1.54) is 11.6 Å². The minimum absolute atomic E-state index is 0.0290. The summed E-state index contributed by atoms with van der Waals surface area (Å²) in [5, 5.41) is 19.3. The van der Waals surface area contributed by atoms with Crippen LogP contribution in [0.5, 0.6) is 11.5 Å². The van der Waals surface area contributed by atoms with Gasteiger partial charge in [-0.05, 0) is 42.5 Å². The molecule has 0 saturated heterocycles. The van der Waals surface area contributed by atoms with Crippen LogP contribution in [0.4, 0.5) is 0 Å². The highest BCUT2D eigenvalue weighted by Gasteiger charge is 2.30. The van der Waals surface area contributed by atoms with Gasteiger partial charge in [0.25, 0.3) is 0 Å². The molecule has 5 nitrogen and oxygen atoms in total. The number of nitrogens with zero attached hydrogens (tertiary/aromatic N) is 1. The van der Waals surface area contributed by atoms with E-state index in [0.717, 1.165) is 30.4 Å². The van der Waals surface area contributed by atoms with Crippen LogP contribution < -0.4 is 0 Å². The van der Waals surface area contributed by atoms with Crippen LogP contribution in [-0.2, 0) is 16.0 Å². The van der Waals surface area contributed by atoms with Crippen LogP contribution in [0.1, 0.15) is 18.4 Å². The van der Waals surface area contributed by atoms with Crippen LogP contribution in [0, 0.1) is 0 Å². The highest BCUT2D eigenvalue weighted by Crippen LogP contribution is 2.34. The lowest BCUT2D eigenvalue weighted by molar-refractivity contribution is -0.119. The largest absolute Gasteiger partial charge is 0.508 e. The van der Waals surface area contributed by atoms with Gasteiger partial charge in [0.1, 0.15) is 11.5 Å². The molecule has 0 radical (unpaired) electrons. The van der Waals surface area contributed by atoms with Crippen LogP contribution in [0.15, 0.2) is 41.5 Å². The summed E-state index contributed by atoms with van der Waals surface area (Å²) in [6, 6.07) is 4.48. The van der Waals surface area contributed by atoms with E-state index in [4.69, 9.17) is 4.74 Å². The molecule has 0 bridgehead atoms. The molecular formula is C18H21NO4. The van der Waals surface area contributed by atoms with E-state index < -0.39 is 0 Å². The highest BCUT2D eigenvalue weighted by molar-refractivity contribution is 5.53. The number of aromatic hydroxyl groups is 2. The van der Waals surface area contributed by atoms with Gasteiger partial charge >= 0.3 is 0 Å². The monoisotopic (exact) mass is 315 g/mol.